The SMILES string of the molecule is Cc1n[nH]c(C)c1NC(=O)c1sc2ccccc2c1Cl. The molecular formula is C14H12ClN3OS. The molecule has 2 heterocycles. The predicted octanol–water partition coefficient (Wildman–Crippen LogP) is 4.15. The summed E-state index contributed by atoms with van der Waals surface area (Å²) in [5.74, 6) is -0.205. The maximum absolute atomic E-state index is 12.4. The molecule has 0 aliphatic rings. The summed E-state index contributed by atoms with van der Waals surface area (Å²) in [5, 5.41) is 11.2. The van der Waals surface area contributed by atoms with E-state index in [-0.39, 0.29) is 5.91 Å². The Bertz CT molecular complexity index is 786. The number of rotatable bonds is 2. The van der Waals surface area contributed by atoms with E-state index in [4.69, 9.17) is 11.6 Å². The van der Waals surface area contributed by atoms with Gasteiger partial charge in [0.1, 0.15) is 4.88 Å². The number of nitrogens with one attached hydrogen (secondary N) is 2. The summed E-state index contributed by atoms with van der Waals surface area (Å²) in [6.07, 6.45) is 0. The van der Waals surface area contributed by atoms with Gasteiger partial charge in [-0.2, -0.15) is 5.10 Å². The Morgan fingerprint density at radius 2 is 2.10 bits per heavy atom. The summed E-state index contributed by atoms with van der Waals surface area (Å²) in [5.41, 5.74) is 2.30. The molecule has 1 amide bonds. The van der Waals surface area contributed by atoms with Crippen molar-refractivity contribution in [2.75, 3.05) is 5.32 Å². The highest BCUT2D eigenvalue weighted by molar-refractivity contribution is 7.21. The lowest BCUT2D eigenvalue weighted by Crippen LogP contribution is -2.11. The number of anilines is 1. The first-order chi connectivity index (χ1) is 9.58. The second-order valence-electron chi connectivity index (χ2n) is 4.50. The summed E-state index contributed by atoms with van der Waals surface area (Å²) >= 11 is 7.69. The first-order valence-electron chi connectivity index (χ1n) is 6.08. The van der Waals surface area contributed by atoms with E-state index < -0.39 is 0 Å². The Morgan fingerprint density at radius 3 is 2.75 bits per heavy atom. The number of carbonyl (C=O) groups is 1. The first kappa shape index (κ1) is 13.1. The molecule has 0 saturated carbocycles. The van der Waals surface area contributed by atoms with Crippen LogP contribution in [0.25, 0.3) is 10.1 Å². The van der Waals surface area contributed by atoms with Gasteiger partial charge in [-0.15, -0.1) is 11.3 Å². The number of thiophene rings is 1. The highest BCUT2D eigenvalue weighted by atomic mass is 35.5. The highest BCUT2D eigenvalue weighted by Crippen LogP contribution is 2.35. The van der Waals surface area contributed by atoms with Crippen LogP contribution in [0.4, 0.5) is 5.69 Å². The molecule has 3 aromatic rings. The van der Waals surface area contributed by atoms with Gasteiger partial charge in [0.25, 0.3) is 5.91 Å². The Labute approximate surface area is 124 Å². The predicted molar refractivity (Wildman–Crippen MR) is 82.8 cm³/mol. The van der Waals surface area contributed by atoms with E-state index in [1.54, 1.807) is 0 Å². The summed E-state index contributed by atoms with van der Waals surface area (Å²) in [7, 11) is 0. The smallest absolute Gasteiger partial charge is 0.267 e. The number of aromatic amines is 1. The van der Waals surface area contributed by atoms with Gasteiger partial charge >= 0.3 is 0 Å². The van der Waals surface area contributed by atoms with Crippen molar-refractivity contribution >= 4 is 44.6 Å². The quantitative estimate of drug-likeness (QED) is 0.747. The van der Waals surface area contributed by atoms with E-state index in [1.165, 1.54) is 11.3 Å². The van der Waals surface area contributed by atoms with Crippen LogP contribution in [0.2, 0.25) is 5.02 Å². The van der Waals surface area contributed by atoms with Crippen LogP contribution in [0.1, 0.15) is 21.1 Å². The van der Waals surface area contributed by atoms with E-state index >= 15 is 0 Å². The lowest BCUT2D eigenvalue weighted by atomic mass is 10.2. The van der Waals surface area contributed by atoms with Crippen molar-refractivity contribution in [3.05, 3.63) is 45.6 Å². The summed E-state index contributed by atoms with van der Waals surface area (Å²) in [6, 6.07) is 7.71. The second-order valence-corrected chi connectivity index (χ2v) is 5.93. The summed E-state index contributed by atoms with van der Waals surface area (Å²) in [4.78, 5) is 12.9. The van der Waals surface area contributed by atoms with Gasteiger partial charge in [-0.1, -0.05) is 29.8 Å². The molecule has 3 rings (SSSR count). The Morgan fingerprint density at radius 1 is 1.35 bits per heavy atom. The largest absolute Gasteiger partial charge is 0.318 e. The van der Waals surface area contributed by atoms with Crippen LogP contribution in [0, 0.1) is 13.8 Å². The third kappa shape index (κ3) is 2.09. The number of fused-ring (bicyclic) bond motifs is 1. The van der Waals surface area contributed by atoms with Crippen molar-refractivity contribution in [1.29, 1.82) is 0 Å². The van der Waals surface area contributed by atoms with Crippen LogP contribution < -0.4 is 5.32 Å². The normalized spacial score (nSPS) is 10.9. The first-order valence-corrected chi connectivity index (χ1v) is 7.27. The topological polar surface area (TPSA) is 57.8 Å². The monoisotopic (exact) mass is 305 g/mol. The fourth-order valence-electron chi connectivity index (χ4n) is 2.07. The molecular weight excluding hydrogens is 294 g/mol. The lowest BCUT2D eigenvalue weighted by molar-refractivity contribution is 0.103. The molecule has 20 heavy (non-hydrogen) atoms. The fraction of sp³-hybridized carbons (Fsp3) is 0.143. The number of aromatic nitrogens is 2. The number of H-pyrrole nitrogens is 1. The molecule has 2 N–H and O–H groups in total. The maximum atomic E-state index is 12.4. The van der Waals surface area contributed by atoms with Gasteiger partial charge in [0, 0.05) is 10.1 Å². The van der Waals surface area contributed by atoms with Gasteiger partial charge in [-0.3, -0.25) is 9.89 Å². The Balaban J connectivity index is 1.99. The van der Waals surface area contributed by atoms with Gasteiger partial charge in [-0.05, 0) is 19.9 Å². The average Bonchev–Trinajstić information content (AvgIpc) is 2.94. The van der Waals surface area contributed by atoms with Crippen LogP contribution in [-0.2, 0) is 0 Å². The zero-order valence-electron chi connectivity index (χ0n) is 11.0. The van der Waals surface area contributed by atoms with Gasteiger partial charge < -0.3 is 5.32 Å². The standard InChI is InChI=1S/C14H12ClN3OS/c1-7-12(8(2)18-17-7)16-14(19)13-11(15)9-5-3-4-6-10(9)20-13/h3-6H,1-2H3,(H,16,19)(H,17,18). The molecule has 1 aromatic carbocycles. The number of nitrogens with zero attached hydrogens (tertiary/aromatic N) is 1. The van der Waals surface area contributed by atoms with E-state index in [0.717, 1.165) is 21.5 Å². The minimum absolute atomic E-state index is 0.205. The van der Waals surface area contributed by atoms with Crippen molar-refractivity contribution in [2.24, 2.45) is 0 Å². The molecule has 0 unspecified atom stereocenters. The molecule has 0 aliphatic heterocycles. The van der Waals surface area contributed by atoms with Gasteiger partial charge in [0.05, 0.1) is 22.1 Å². The van der Waals surface area contributed by atoms with Crippen molar-refractivity contribution in [2.45, 2.75) is 13.8 Å². The van der Waals surface area contributed by atoms with Gasteiger partial charge in [-0.25, -0.2) is 0 Å². The third-order valence-corrected chi connectivity index (χ3v) is 4.78. The summed E-state index contributed by atoms with van der Waals surface area (Å²) in [6.45, 7) is 3.70. The Hall–Kier alpha value is -1.85. The Kier molecular flexibility index (Phi) is 3.23. The highest BCUT2D eigenvalue weighted by Gasteiger charge is 2.19. The number of benzene rings is 1. The van der Waals surface area contributed by atoms with E-state index in [0.29, 0.717) is 15.6 Å². The van der Waals surface area contributed by atoms with Crippen LogP contribution >= 0.6 is 22.9 Å². The van der Waals surface area contributed by atoms with Crippen LogP contribution in [0.3, 0.4) is 0 Å². The van der Waals surface area contributed by atoms with Crippen LogP contribution in [0.15, 0.2) is 24.3 Å². The number of aryl methyl sites for hydroxylation is 2. The molecule has 0 spiro atoms. The van der Waals surface area contributed by atoms with Crippen LogP contribution in [-0.4, -0.2) is 16.1 Å². The molecule has 0 radical (unpaired) electrons. The van der Waals surface area contributed by atoms with Crippen LogP contribution in [0.5, 0.6) is 0 Å². The molecule has 2 aromatic heterocycles. The zero-order chi connectivity index (χ0) is 14.3. The number of hydrogen-bond acceptors (Lipinski definition) is 3. The average molecular weight is 306 g/mol. The molecule has 4 nitrogen and oxygen atoms in total. The number of hydrogen-bond donors (Lipinski definition) is 2. The van der Waals surface area contributed by atoms with Gasteiger partial charge in [0.2, 0.25) is 0 Å². The van der Waals surface area contributed by atoms with Crippen molar-refractivity contribution in [3.8, 4) is 0 Å². The maximum Gasteiger partial charge on any atom is 0.267 e. The van der Waals surface area contributed by atoms with E-state index in [1.807, 2.05) is 38.1 Å². The molecule has 6 heteroatoms. The molecule has 0 saturated heterocycles. The molecule has 0 atom stereocenters. The number of carbonyl (C=O) groups excluding carboxylic acids is 1. The van der Waals surface area contributed by atoms with E-state index in [2.05, 4.69) is 15.5 Å². The lowest BCUT2D eigenvalue weighted by Gasteiger charge is -2.03. The van der Waals surface area contributed by atoms with Crippen molar-refractivity contribution < 1.29 is 4.79 Å². The summed E-state index contributed by atoms with van der Waals surface area (Å²) < 4.78 is 1.00. The van der Waals surface area contributed by atoms with Crippen molar-refractivity contribution in [3.63, 3.8) is 0 Å². The molecule has 0 bridgehead atoms. The molecule has 0 aliphatic carbocycles. The minimum Gasteiger partial charge on any atom is -0.318 e. The van der Waals surface area contributed by atoms with Gasteiger partial charge in [0.15, 0.2) is 0 Å². The number of amides is 1. The van der Waals surface area contributed by atoms with Crippen molar-refractivity contribution in [1.82, 2.24) is 10.2 Å². The van der Waals surface area contributed by atoms with E-state index in [9.17, 15) is 4.79 Å². The molecule has 0 fully saturated rings. The molecule has 102 valence electrons. The fourth-order valence-corrected chi connectivity index (χ4v) is 3.48. The zero-order valence-corrected chi connectivity index (χ0v) is 12.5. The number of halogens is 1. The third-order valence-electron chi connectivity index (χ3n) is 3.11. The minimum atomic E-state index is -0.205. The second kappa shape index (κ2) is 4.92.